The normalized spacial score (nSPS) is 20.1. The molecule has 0 bridgehead atoms. The van der Waals surface area contributed by atoms with E-state index in [1.807, 2.05) is 0 Å². The molecule has 1 atom stereocenters. The third-order valence-corrected chi connectivity index (χ3v) is 5.41. The second kappa shape index (κ2) is 7.15. The molecule has 21 heavy (non-hydrogen) atoms. The van der Waals surface area contributed by atoms with Gasteiger partial charge in [-0.2, -0.15) is 0 Å². The highest BCUT2D eigenvalue weighted by Gasteiger charge is 2.26. The number of fused-ring (bicyclic) bond motifs is 1. The van der Waals surface area contributed by atoms with Crippen LogP contribution in [0.15, 0.2) is 16.6 Å². The number of ether oxygens (including phenoxy) is 1. The van der Waals surface area contributed by atoms with Crippen molar-refractivity contribution in [3.63, 3.8) is 0 Å². The number of rotatable bonds is 5. The van der Waals surface area contributed by atoms with Crippen molar-refractivity contribution >= 4 is 15.9 Å². The van der Waals surface area contributed by atoms with E-state index in [4.69, 9.17) is 4.74 Å². The van der Waals surface area contributed by atoms with E-state index in [1.54, 1.807) is 0 Å². The summed E-state index contributed by atoms with van der Waals surface area (Å²) in [4.78, 5) is 0. The molecule has 1 aliphatic heterocycles. The fourth-order valence-electron chi connectivity index (χ4n) is 3.94. The summed E-state index contributed by atoms with van der Waals surface area (Å²) >= 11 is 3.66. The quantitative estimate of drug-likeness (QED) is 0.843. The number of likely N-dealkylation sites (N-methyl/N-ethyl adjacent to an activating group) is 1. The van der Waals surface area contributed by atoms with Gasteiger partial charge in [-0.25, -0.2) is 0 Å². The van der Waals surface area contributed by atoms with Crippen molar-refractivity contribution in [2.24, 2.45) is 5.92 Å². The van der Waals surface area contributed by atoms with Gasteiger partial charge in [0.05, 0.1) is 6.61 Å². The molecule has 2 nitrogen and oxygen atoms in total. The highest BCUT2D eigenvalue weighted by molar-refractivity contribution is 9.10. The predicted molar refractivity (Wildman–Crippen MR) is 91.1 cm³/mol. The summed E-state index contributed by atoms with van der Waals surface area (Å²) in [5, 5.41) is 3.74. The second-order valence-corrected chi connectivity index (χ2v) is 7.33. The van der Waals surface area contributed by atoms with Gasteiger partial charge in [-0.3, -0.25) is 0 Å². The lowest BCUT2D eigenvalue weighted by Gasteiger charge is -2.31. The van der Waals surface area contributed by atoms with Crippen LogP contribution in [0.4, 0.5) is 0 Å². The van der Waals surface area contributed by atoms with Gasteiger partial charge in [0.2, 0.25) is 0 Å². The largest absolute Gasteiger partial charge is 0.493 e. The second-order valence-electron chi connectivity index (χ2n) is 6.42. The molecule has 1 aliphatic carbocycles. The van der Waals surface area contributed by atoms with Crippen LogP contribution in [0.3, 0.4) is 0 Å². The van der Waals surface area contributed by atoms with Gasteiger partial charge in [0.1, 0.15) is 5.75 Å². The third-order valence-electron chi connectivity index (χ3n) is 4.95. The molecule has 1 heterocycles. The molecule has 0 aromatic heterocycles. The predicted octanol–water partition coefficient (Wildman–Crippen LogP) is 4.48. The number of benzene rings is 1. The van der Waals surface area contributed by atoms with Crippen LogP contribution in [0.5, 0.6) is 5.75 Å². The first-order valence-electron chi connectivity index (χ1n) is 8.45. The van der Waals surface area contributed by atoms with E-state index in [1.165, 1.54) is 47.7 Å². The molecule has 116 valence electrons. The average Bonchev–Trinajstić information content (AvgIpc) is 2.96. The molecule has 0 saturated heterocycles. The molecular formula is C18H26BrNO. The lowest BCUT2D eigenvalue weighted by molar-refractivity contribution is 0.267. The van der Waals surface area contributed by atoms with Gasteiger partial charge in [0, 0.05) is 16.9 Å². The highest BCUT2D eigenvalue weighted by Crippen LogP contribution is 2.35. The van der Waals surface area contributed by atoms with Crippen LogP contribution in [-0.4, -0.2) is 19.2 Å². The summed E-state index contributed by atoms with van der Waals surface area (Å²) in [5.74, 6) is 1.99. The van der Waals surface area contributed by atoms with Gasteiger partial charge in [-0.05, 0) is 55.0 Å². The lowest BCUT2D eigenvalue weighted by Crippen LogP contribution is -2.39. The highest BCUT2D eigenvalue weighted by atomic mass is 79.9. The molecule has 1 aromatic rings. The van der Waals surface area contributed by atoms with Crippen LogP contribution in [0.25, 0.3) is 0 Å². The van der Waals surface area contributed by atoms with Crippen LogP contribution in [0, 0.1) is 5.92 Å². The van der Waals surface area contributed by atoms with Crippen molar-refractivity contribution in [3.8, 4) is 5.75 Å². The Morgan fingerprint density at radius 3 is 2.86 bits per heavy atom. The summed E-state index contributed by atoms with van der Waals surface area (Å²) in [6, 6.07) is 5.07. The Morgan fingerprint density at radius 2 is 2.10 bits per heavy atom. The summed E-state index contributed by atoms with van der Waals surface area (Å²) in [7, 11) is 0. The summed E-state index contributed by atoms with van der Waals surface area (Å²) < 4.78 is 7.10. The number of nitrogens with one attached hydrogen (secondary N) is 1. The minimum Gasteiger partial charge on any atom is -0.493 e. The van der Waals surface area contributed by atoms with Crippen LogP contribution in [0.2, 0.25) is 0 Å². The molecular weight excluding hydrogens is 326 g/mol. The van der Waals surface area contributed by atoms with Crippen molar-refractivity contribution in [3.05, 3.63) is 27.7 Å². The standard InChI is InChI=1S/C18H26BrNO/c1-2-20-17(13-6-4-3-5-7-13)12-15-11-16(19)10-14-8-9-21-18(14)15/h10-11,13,17,20H,2-9,12H2,1H3. The molecule has 1 saturated carbocycles. The summed E-state index contributed by atoms with van der Waals surface area (Å²) in [6.07, 6.45) is 9.14. The molecule has 0 amide bonds. The summed E-state index contributed by atoms with van der Waals surface area (Å²) in [6.45, 7) is 4.12. The monoisotopic (exact) mass is 351 g/mol. The van der Waals surface area contributed by atoms with Crippen molar-refractivity contribution in [1.82, 2.24) is 5.32 Å². The summed E-state index contributed by atoms with van der Waals surface area (Å²) in [5.41, 5.74) is 2.76. The van der Waals surface area contributed by atoms with E-state index in [9.17, 15) is 0 Å². The molecule has 0 radical (unpaired) electrons. The van der Waals surface area contributed by atoms with Crippen LogP contribution in [-0.2, 0) is 12.8 Å². The first-order valence-corrected chi connectivity index (χ1v) is 9.24. The fraction of sp³-hybridized carbons (Fsp3) is 0.667. The van der Waals surface area contributed by atoms with Gasteiger partial charge in [0.15, 0.2) is 0 Å². The molecule has 3 heteroatoms. The number of hydrogen-bond donors (Lipinski definition) is 1. The maximum absolute atomic E-state index is 5.90. The molecule has 1 N–H and O–H groups in total. The van der Waals surface area contributed by atoms with Crippen molar-refractivity contribution in [2.75, 3.05) is 13.2 Å². The van der Waals surface area contributed by atoms with Crippen LogP contribution in [0.1, 0.15) is 50.2 Å². The Balaban J connectivity index is 1.79. The number of halogens is 1. The maximum Gasteiger partial charge on any atom is 0.125 e. The number of hydrogen-bond acceptors (Lipinski definition) is 2. The Morgan fingerprint density at radius 1 is 1.29 bits per heavy atom. The zero-order valence-electron chi connectivity index (χ0n) is 13.0. The Kier molecular flexibility index (Phi) is 5.23. The third kappa shape index (κ3) is 3.62. The van der Waals surface area contributed by atoms with Crippen molar-refractivity contribution in [1.29, 1.82) is 0 Å². The molecule has 2 aliphatic rings. The zero-order chi connectivity index (χ0) is 14.7. The minimum absolute atomic E-state index is 0.595. The minimum atomic E-state index is 0.595. The average molecular weight is 352 g/mol. The first-order chi connectivity index (χ1) is 10.3. The Labute approximate surface area is 136 Å². The van der Waals surface area contributed by atoms with Gasteiger partial charge in [0.25, 0.3) is 0 Å². The van der Waals surface area contributed by atoms with Gasteiger partial charge in [-0.15, -0.1) is 0 Å². The molecule has 3 rings (SSSR count). The van der Waals surface area contributed by atoms with Crippen molar-refractivity contribution in [2.45, 2.75) is 57.9 Å². The molecule has 0 spiro atoms. The molecule has 1 fully saturated rings. The van der Waals surface area contributed by atoms with Gasteiger partial charge < -0.3 is 10.1 Å². The van der Waals surface area contributed by atoms with E-state index >= 15 is 0 Å². The topological polar surface area (TPSA) is 21.3 Å². The van der Waals surface area contributed by atoms with E-state index in [0.717, 1.165) is 37.7 Å². The zero-order valence-corrected chi connectivity index (χ0v) is 14.5. The van der Waals surface area contributed by atoms with Gasteiger partial charge >= 0.3 is 0 Å². The van der Waals surface area contributed by atoms with Crippen molar-refractivity contribution < 1.29 is 4.74 Å². The molecule has 1 aromatic carbocycles. The van der Waals surface area contributed by atoms with E-state index in [0.29, 0.717) is 6.04 Å². The van der Waals surface area contributed by atoms with E-state index in [2.05, 4.69) is 40.3 Å². The smallest absolute Gasteiger partial charge is 0.125 e. The SMILES string of the molecule is CCNC(Cc1cc(Br)cc2c1OCC2)C1CCCCC1. The fourth-order valence-corrected chi connectivity index (χ4v) is 4.49. The van der Waals surface area contributed by atoms with E-state index < -0.39 is 0 Å². The van der Waals surface area contributed by atoms with Crippen LogP contribution >= 0.6 is 15.9 Å². The molecule has 1 unspecified atom stereocenters. The Hall–Kier alpha value is -0.540. The Bertz CT molecular complexity index is 482. The maximum atomic E-state index is 5.90. The van der Waals surface area contributed by atoms with Crippen LogP contribution < -0.4 is 10.1 Å². The first kappa shape index (κ1) is 15.4. The van der Waals surface area contributed by atoms with E-state index in [-0.39, 0.29) is 0 Å². The lowest BCUT2D eigenvalue weighted by atomic mass is 9.81. The van der Waals surface area contributed by atoms with Gasteiger partial charge in [-0.1, -0.05) is 42.1 Å².